The van der Waals surface area contributed by atoms with Gasteiger partial charge >= 0.3 is 0 Å². The van der Waals surface area contributed by atoms with Crippen LogP contribution in [0.3, 0.4) is 0 Å². The average molecular weight is 206 g/mol. The van der Waals surface area contributed by atoms with Crippen molar-refractivity contribution in [2.24, 2.45) is 0 Å². The fraction of sp³-hybridized carbons (Fsp3) is 0.500. The molecule has 1 rings (SSSR count). The number of nitrogens with zero attached hydrogens (tertiary/aromatic N) is 2. The Kier molecular flexibility index (Phi) is 4.28. The van der Waals surface area contributed by atoms with Crippen molar-refractivity contribution >= 4 is 5.78 Å². The molecule has 0 bridgehead atoms. The van der Waals surface area contributed by atoms with E-state index in [1.54, 1.807) is 12.3 Å². The minimum Gasteiger partial charge on any atom is -0.329 e. The van der Waals surface area contributed by atoms with E-state index in [0.29, 0.717) is 5.82 Å². The zero-order valence-corrected chi connectivity index (χ0v) is 9.66. The molecule has 0 fully saturated rings. The Hall–Kier alpha value is -1.38. The van der Waals surface area contributed by atoms with Gasteiger partial charge < -0.3 is 4.57 Å². The maximum atomic E-state index is 11.9. The summed E-state index contributed by atoms with van der Waals surface area (Å²) in [6, 6.07) is 0. The molecule has 1 aromatic rings. The van der Waals surface area contributed by atoms with E-state index in [4.69, 9.17) is 0 Å². The molecular formula is C12H18N2O. The molecule has 0 spiro atoms. The molecule has 0 aliphatic rings. The van der Waals surface area contributed by atoms with Gasteiger partial charge in [-0.3, -0.25) is 4.79 Å². The van der Waals surface area contributed by atoms with E-state index >= 15 is 0 Å². The second-order valence-corrected chi connectivity index (χ2v) is 3.41. The molecule has 15 heavy (non-hydrogen) atoms. The van der Waals surface area contributed by atoms with Crippen molar-refractivity contribution in [2.45, 2.75) is 40.2 Å². The summed E-state index contributed by atoms with van der Waals surface area (Å²) in [6.07, 6.45) is 7.07. The van der Waals surface area contributed by atoms with Crippen molar-refractivity contribution in [3.8, 4) is 0 Å². The maximum Gasteiger partial charge on any atom is 0.221 e. The van der Waals surface area contributed by atoms with Gasteiger partial charge in [-0.15, -0.1) is 0 Å². The highest BCUT2D eigenvalue weighted by Gasteiger charge is 2.09. The van der Waals surface area contributed by atoms with Crippen molar-refractivity contribution in [3.63, 3.8) is 0 Å². The summed E-state index contributed by atoms with van der Waals surface area (Å²) in [7, 11) is 0. The van der Waals surface area contributed by atoms with Crippen LogP contribution in [0.4, 0.5) is 0 Å². The first-order chi connectivity index (χ1) is 7.22. The summed E-state index contributed by atoms with van der Waals surface area (Å²) in [5.41, 5.74) is 1.17. The lowest BCUT2D eigenvalue weighted by Crippen LogP contribution is -2.07. The van der Waals surface area contributed by atoms with Crippen molar-refractivity contribution < 1.29 is 4.79 Å². The van der Waals surface area contributed by atoms with Crippen LogP contribution in [-0.4, -0.2) is 15.3 Å². The second kappa shape index (κ2) is 5.49. The highest BCUT2D eigenvalue weighted by molar-refractivity contribution is 6.02. The van der Waals surface area contributed by atoms with Crippen LogP contribution in [-0.2, 0) is 6.54 Å². The summed E-state index contributed by atoms with van der Waals surface area (Å²) in [5.74, 6) is 0.553. The minimum atomic E-state index is 0.0144. The first-order valence-electron chi connectivity index (χ1n) is 5.47. The molecule has 82 valence electrons. The SMILES string of the molecule is CCC(=CC(=O)c1nccn1CC)CC. The van der Waals surface area contributed by atoms with Gasteiger partial charge in [-0.2, -0.15) is 0 Å². The molecule has 3 heteroatoms. The fourth-order valence-electron chi connectivity index (χ4n) is 1.49. The highest BCUT2D eigenvalue weighted by Crippen LogP contribution is 2.08. The Balaban J connectivity index is 2.90. The number of aryl methyl sites for hydroxylation is 1. The van der Waals surface area contributed by atoms with Crippen LogP contribution in [0.25, 0.3) is 0 Å². The van der Waals surface area contributed by atoms with Crippen LogP contribution in [0.2, 0.25) is 0 Å². The molecule has 0 radical (unpaired) electrons. The number of rotatable bonds is 5. The Morgan fingerprint density at radius 1 is 1.40 bits per heavy atom. The lowest BCUT2D eigenvalue weighted by molar-refractivity contribution is 0.103. The van der Waals surface area contributed by atoms with Crippen LogP contribution in [0, 0.1) is 0 Å². The number of hydrogen-bond acceptors (Lipinski definition) is 2. The topological polar surface area (TPSA) is 34.9 Å². The Morgan fingerprint density at radius 3 is 2.60 bits per heavy atom. The molecule has 0 atom stereocenters. The molecule has 1 heterocycles. The molecule has 0 saturated heterocycles. The summed E-state index contributed by atoms with van der Waals surface area (Å²) < 4.78 is 1.86. The van der Waals surface area contributed by atoms with Gasteiger partial charge in [-0.25, -0.2) is 4.98 Å². The smallest absolute Gasteiger partial charge is 0.221 e. The Morgan fingerprint density at radius 2 is 2.07 bits per heavy atom. The van der Waals surface area contributed by atoms with Crippen molar-refractivity contribution in [1.29, 1.82) is 0 Å². The summed E-state index contributed by atoms with van der Waals surface area (Å²) in [6.45, 7) is 6.91. The third kappa shape index (κ3) is 2.78. The van der Waals surface area contributed by atoms with Gasteiger partial charge in [0.2, 0.25) is 5.78 Å². The normalized spacial score (nSPS) is 10.1. The van der Waals surface area contributed by atoms with Gasteiger partial charge in [-0.1, -0.05) is 19.4 Å². The summed E-state index contributed by atoms with van der Waals surface area (Å²) in [5, 5.41) is 0. The summed E-state index contributed by atoms with van der Waals surface area (Å²) >= 11 is 0. The predicted molar refractivity (Wildman–Crippen MR) is 60.9 cm³/mol. The van der Waals surface area contributed by atoms with Crippen LogP contribution >= 0.6 is 0 Å². The van der Waals surface area contributed by atoms with Gasteiger partial charge in [0.25, 0.3) is 0 Å². The quantitative estimate of drug-likeness (QED) is 0.548. The molecule has 1 aromatic heterocycles. The molecule has 3 nitrogen and oxygen atoms in total. The van der Waals surface area contributed by atoms with E-state index < -0.39 is 0 Å². The van der Waals surface area contributed by atoms with E-state index in [-0.39, 0.29) is 5.78 Å². The number of ketones is 1. The van der Waals surface area contributed by atoms with Gasteiger partial charge in [0.15, 0.2) is 5.82 Å². The fourth-order valence-corrected chi connectivity index (χ4v) is 1.49. The van der Waals surface area contributed by atoms with Gasteiger partial charge in [0.05, 0.1) is 0 Å². The van der Waals surface area contributed by atoms with Crippen molar-refractivity contribution in [3.05, 3.63) is 29.9 Å². The zero-order chi connectivity index (χ0) is 11.3. The van der Waals surface area contributed by atoms with E-state index in [1.165, 1.54) is 5.57 Å². The van der Waals surface area contributed by atoms with Crippen LogP contribution in [0.5, 0.6) is 0 Å². The van der Waals surface area contributed by atoms with Crippen LogP contribution in [0.15, 0.2) is 24.0 Å². The third-order valence-electron chi connectivity index (χ3n) is 2.52. The highest BCUT2D eigenvalue weighted by atomic mass is 16.1. The Bertz CT molecular complexity index is 357. The van der Waals surface area contributed by atoms with Gasteiger partial charge in [-0.05, 0) is 25.8 Å². The minimum absolute atomic E-state index is 0.0144. The maximum absolute atomic E-state index is 11.9. The molecule has 0 aromatic carbocycles. The van der Waals surface area contributed by atoms with Crippen molar-refractivity contribution in [1.82, 2.24) is 9.55 Å². The first-order valence-corrected chi connectivity index (χ1v) is 5.47. The predicted octanol–water partition coefficient (Wildman–Crippen LogP) is 2.83. The largest absolute Gasteiger partial charge is 0.329 e. The van der Waals surface area contributed by atoms with E-state index in [9.17, 15) is 4.79 Å². The third-order valence-corrected chi connectivity index (χ3v) is 2.52. The lowest BCUT2D eigenvalue weighted by Gasteiger charge is -2.02. The summed E-state index contributed by atoms with van der Waals surface area (Å²) in [4.78, 5) is 15.9. The molecule has 0 aliphatic carbocycles. The number of carbonyl (C=O) groups excluding carboxylic acids is 1. The second-order valence-electron chi connectivity index (χ2n) is 3.41. The van der Waals surface area contributed by atoms with Gasteiger partial charge in [0.1, 0.15) is 0 Å². The standard InChI is InChI=1S/C12H18N2O/c1-4-10(5-2)9-11(15)12-13-7-8-14(12)6-3/h7-9H,4-6H2,1-3H3. The Labute approximate surface area is 90.8 Å². The van der Waals surface area contributed by atoms with E-state index in [0.717, 1.165) is 19.4 Å². The molecule has 0 saturated carbocycles. The number of carbonyl (C=O) groups is 1. The van der Waals surface area contributed by atoms with Gasteiger partial charge in [0, 0.05) is 18.9 Å². The molecular weight excluding hydrogens is 188 g/mol. The van der Waals surface area contributed by atoms with E-state index in [1.807, 2.05) is 17.7 Å². The monoisotopic (exact) mass is 206 g/mol. The molecule has 0 amide bonds. The molecule has 0 unspecified atom stereocenters. The van der Waals surface area contributed by atoms with Crippen molar-refractivity contribution in [2.75, 3.05) is 0 Å². The number of aromatic nitrogens is 2. The number of imidazole rings is 1. The lowest BCUT2D eigenvalue weighted by atomic mass is 10.1. The van der Waals surface area contributed by atoms with E-state index in [2.05, 4.69) is 18.8 Å². The first kappa shape index (κ1) is 11.7. The molecule has 0 aliphatic heterocycles. The van der Waals surface area contributed by atoms with Crippen LogP contribution in [0.1, 0.15) is 44.2 Å². The molecule has 0 N–H and O–H groups in total. The number of allylic oxidation sites excluding steroid dienone is 2. The van der Waals surface area contributed by atoms with Crippen LogP contribution < -0.4 is 0 Å². The average Bonchev–Trinajstić information content (AvgIpc) is 2.73. The number of hydrogen-bond donors (Lipinski definition) is 0. The zero-order valence-electron chi connectivity index (χ0n) is 9.66.